The lowest BCUT2D eigenvalue weighted by molar-refractivity contribution is -0.254. The number of hydrogen-bond acceptors (Lipinski definition) is 2. The summed E-state index contributed by atoms with van der Waals surface area (Å²) in [6, 6.07) is 39.7. The summed E-state index contributed by atoms with van der Waals surface area (Å²) in [6.45, 7) is 9.72. The number of allylic oxidation sites excluding steroid dienone is 2. The first-order valence-electron chi connectivity index (χ1n) is 23.4. The van der Waals surface area contributed by atoms with Crippen LogP contribution in [-0.2, 0) is 25.9 Å². The average Bonchev–Trinajstić information content (AvgIpc) is 4.09. The first kappa shape index (κ1) is 43.7. The number of unbranched alkanes of at least 4 members (excludes halogenated alkanes) is 2. The van der Waals surface area contributed by atoms with Gasteiger partial charge in [0.1, 0.15) is 0 Å². The minimum atomic E-state index is -5.68. The summed E-state index contributed by atoms with van der Waals surface area (Å²) in [5.74, 6) is -16.0. The predicted molar refractivity (Wildman–Crippen MR) is 271 cm³/mol. The van der Waals surface area contributed by atoms with Crippen LogP contribution in [0.25, 0.3) is 97.2 Å². The third-order valence-electron chi connectivity index (χ3n) is 14.1. The maximum Gasteiger partial charge on any atom is 0.380 e. The fourth-order valence-electron chi connectivity index (χ4n) is 10.8. The lowest BCUT2D eigenvalue weighted by atomic mass is 9.89. The van der Waals surface area contributed by atoms with Gasteiger partial charge in [0.15, 0.2) is 0 Å². The van der Waals surface area contributed by atoms with Crippen LogP contribution >= 0.6 is 22.7 Å². The monoisotopic (exact) mass is 938 g/mol. The third kappa shape index (κ3) is 6.41. The first-order chi connectivity index (χ1) is 32.3. The highest BCUT2D eigenvalue weighted by Crippen LogP contribution is 2.67. The Morgan fingerprint density at radius 1 is 0.418 bits per heavy atom. The Balaban J connectivity index is 1.12. The minimum absolute atomic E-state index is 0.185. The maximum atomic E-state index is 17.0. The summed E-state index contributed by atoms with van der Waals surface area (Å²) < 4.78 is 106. The number of para-hydroxylation sites is 2. The molecule has 0 atom stereocenters. The lowest BCUT2D eigenvalue weighted by Crippen LogP contribution is -2.49. The van der Waals surface area contributed by atoms with Crippen molar-refractivity contribution in [2.45, 2.75) is 97.1 Å². The van der Waals surface area contributed by atoms with E-state index in [1.807, 2.05) is 62.4 Å². The summed E-state index contributed by atoms with van der Waals surface area (Å²) in [6.07, 6.45) is 3.11. The number of alkyl halides is 6. The van der Waals surface area contributed by atoms with Crippen molar-refractivity contribution < 1.29 is 26.3 Å². The highest BCUT2D eigenvalue weighted by Gasteiger charge is 2.80. The Bertz CT molecular complexity index is 3400. The van der Waals surface area contributed by atoms with Gasteiger partial charge in [-0.05, 0) is 110 Å². The van der Waals surface area contributed by atoms with Gasteiger partial charge < -0.3 is 9.13 Å². The molecule has 10 aromatic rings. The zero-order valence-electron chi connectivity index (χ0n) is 37.7. The molecule has 0 bridgehead atoms. The average molecular weight is 939 g/mol. The van der Waals surface area contributed by atoms with Crippen LogP contribution in [0.4, 0.5) is 26.3 Å². The number of aryl methyl sites for hydroxylation is 4. The van der Waals surface area contributed by atoms with Crippen molar-refractivity contribution in [1.29, 1.82) is 0 Å². The lowest BCUT2D eigenvalue weighted by Gasteiger charge is -2.26. The van der Waals surface area contributed by atoms with Gasteiger partial charge in [-0.15, -0.1) is 22.7 Å². The molecule has 0 saturated carbocycles. The van der Waals surface area contributed by atoms with E-state index in [0.29, 0.717) is 44.8 Å². The summed E-state index contributed by atoms with van der Waals surface area (Å²) in [4.78, 5) is 0.820. The molecule has 67 heavy (non-hydrogen) atoms. The molecule has 2 nitrogen and oxygen atoms in total. The third-order valence-corrected chi connectivity index (χ3v) is 16.5. The van der Waals surface area contributed by atoms with Gasteiger partial charge in [-0.3, -0.25) is 0 Å². The second-order valence-corrected chi connectivity index (χ2v) is 20.2. The van der Waals surface area contributed by atoms with Crippen LogP contribution in [-0.4, -0.2) is 26.9 Å². The van der Waals surface area contributed by atoms with E-state index in [2.05, 4.69) is 71.5 Å². The Kier molecular flexibility index (Phi) is 10.5. The van der Waals surface area contributed by atoms with Crippen LogP contribution < -0.4 is 0 Å². The largest absolute Gasteiger partial charge is 0.380 e. The number of fused-ring (bicyclic) bond motifs is 8. The number of thiophene rings is 2. The van der Waals surface area contributed by atoms with Gasteiger partial charge in [-0.2, -0.15) is 26.3 Å². The van der Waals surface area contributed by atoms with Crippen LogP contribution in [0.1, 0.15) is 74.3 Å². The number of hydrogen-bond donors (Lipinski definition) is 0. The van der Waals surface area contributed by atoms with Crippen LogP contribution in [0.5, 0.6) is 0 Å². The number of halogens is 6. The van der Waals surface area contributed by atoms with E-state index < -0.39 is 28.9 Å². The normalized spacial score (nSPS) is 15.8. The van der Waals surface area contributed by atoms with Gasteiger partial charge >= 0.3 is 17.8 Å². The molecule has 1 aliphatic carbocycles. The summed E-state index contributed by atoms with van der Waals surface area (Å²) in [7, 11) is 0. The molecule has 0 saturated heterocycles. The molecule has 0 unspecified atom stereocenters. The van der Waals surface area contributed by atoms with Crippen molar-refractivity contribution in [3.8, 4) is 22.3 Å². The van der Waals surface area contributed by atoms with E-state index in [1.165, 1.54) is 22.7 Å². The smallest absolute Gasteiger partial charge is 0.341 e. The van der Waals surface area contributed by atoms with Gasteiger partial charge in [0, 0.05) is 109 Å². The second kappa shape index (κ2) is 16.2. The standard InChI is InChI=1S/C57H48F6N2S2/c1-5-9-19-47-51(39-25-21-35(31-49(39)66-47)33-23-27-45-41(29-33)37-15-11-13-17-43(37)64(45)7-3)53-54(56(60,61)57(62,63)55(53,58)59)52-40-26-22-36(32-50(40)67-48(52)20-10-6-2)34-24-28-46-42(30-34)38-16-12-14-18-44(38)65(46)8-4/h11-18,21-32H,5-10,19-20H2,1-4H3. The van der Waals surface area contributed by atoms with E-state index in [-0.39, 0.29) is 34.7 Å². The van der Waals surface area contributed by atoms with Crippen LogP contribution in [0.3, 0.4) is 0 Å². The Labute approximate surface area is 392 Å². The van der Waals surface area contributed by atoms with E-state index in [4.69, 9.17) is 0 Å². The zero-order valence-corrected chi connectivity index (χ0v) is 39.3. The van der Waals surface area contributed by atoms with Gasteiger partial charge in [0.25, 0.3) is 0 Å². The molecular formula is C57H48F6N2S2. The molecule has 0 fully saturated rings. The minimum Gasteiger partial charge on any atom is -0.341 e. The van der Waals surface area contributed by atoms with Crippen molar-refractivity contribution in [3.63, 3.8) is 0 Å². The summed E-state index contributed by atoms with van der Waals surface area (Å²) >= 11 is 2.48. The summed E-state index contributed by atoms with van der Waals surface area (Å²) in [5.41, 5.74) is 4.99. The Morgan fingerprint density at radius 2 is 0.791 bits per heavy atom. The van der Waals surface area contributed by atoms with Crippen molar-refractivity contribution in [3.05, 3.63) is 142 Å². The number of aromatic nitrogens is 2. The number of benzene rings is 6. The summed E-state index contributed by atoms with van der Waals surface area (Å²) in [5, 5.41) is 4.93. The Hall–Kier alpha value is -5.84. The second-order valence-electron chi connectivity index (χ2n) is 17.9. The molecule has 10 heteroatoms. The Morgan fingerprint density at radius 3 is 1.19 bits per heavy atom. The predicted octanol–water partition coefficient (Wildman–Crippen LogP) is 18.2. The van der Waals surface area contributed by atoms with Crippen LogP contribution in [0.15, 0.2) is 121 Å². The van der Waals surface area contributed by atoms with Crippen molar-refractivity contribution in [2.24, 2.45) is 0 Å². The quantitative estimate of drug-likeness (QED) is 0.108. The molecule has 340 valence electrons. The molecule has 0 amide bonds. The van der Waals surface area contributed by atoms with Crippen LogP contribution in [0.2, 0.25) is 0 Å². The van der Waals surface area contributed by atoms with Crippen molar-refractivity contribution in [2.75, 3.05) is 0 Å². The first-order valence-corrected chi connectivity index (χ1v) is 25.0. The number of nitrogens with zero attached hydrogens (tertiary/aromatic N) is 2. The highest BCUT2D eigenvalue weighted by molar-refractivity contribution is 7.20. The van der Waals surface area contributed by atoms with Crippen LogP contribution in [0, 0.1) is 0 Å². The molecule has 1 aliphatic rings. The van der Waals surface area contributed by atoms with Crippen molar-refractivity contribution >= 4 is 97.6 Å². The van der Waals surface area contributed by atoms with Crippen molar-refractivity contribution in [1.82, 2.24) is 9.13 Å². The molecule has 0 aliphatic heterocycles. The van der Waals surface area contributed by atoms with E-state index in [9.17, 15) is 0 Å². The topological polar surface area (TPSA) is 9.86 Å². The number of rotatable bonds is 12. The fraction of sp³-hybridized carbons (Fsp3) is 0.263. The van der Waals surface area contributed by atoms with E-state index in [1.54, 1.807) is 24.3 Å². The molecule has 6 aromatic carbocycles. The molecule has 4 aromatic heterocycles. The fourth-order valence-corrected chi connectivity index (χ4v) is 13.3. The van der Waals surface area contributed by atoms with Gasteiger partial charge in [-0.1, -0.05) is 99.5 Å². The van der Waals surface area contributed by atoms with E-state index in [0.717, 1.165) is 79.0 Å². The molecule has 11 rings (SSSR count). The van der Waals surface area contributed by atoms with Gasteiger partial charge in [-0.25, -0.2) is 0 Å². The molecule has 0 radical (unpaired) electrons. The van der Waals surface area contributed by atoms with Gasteiger partial charge in [0.2, 0.25) is 0 Å². The highest BCUT2D eigenvalue weighted by atomic mass is 32.1. The molecule has 4 heterocycles. The van der Waals surface area contributed by atoms with E-state index >= 15 is 26.3 Å². The zero-order chi connectivity index (χ0) is 46.6. The molecule has 0 N–H and O–H groups in total. The SMILES string of the molecule is CCCCc1sc2cc(-c3ccc4c(c3)c3ccccc3n4CC)ccc2c1C1=C(c2c(CCCC)sc3cc(-c4ccc5c(c4)c4ccccc4n5CC)ccc23)C(F)(F)C(F)(F)C1(F)F. The molecule has 0 spiro atoms. The van der Waals surface area contributed by atoms with Gasteiger partial charge in [0.05, 0.1) is 0 Å². The molecular weight excluding hydrogens is 891 g/mol. The maximum absolute atomic E-state index is 17.0.